The largest absolute Gasteiger partial charge is 0.458 e. The maximum Gasteiger partial charge on any atom is 0.178 e. The van der Waals surface area contributed by atoms with Crippen molar-refractivity contribution in [1.82, 2.24) is 0 Å². The molecule has 1 atom stereocenters. The van der Waals surface area contributed by atoms with Crippen molar-refractivity contribution in [2.45, 2.75) is 25.2 Å². The van der Waals surface area contributed by atoms with Crippen LogP contribution >= 0.6 is 19.8 Å². The van der Waals surface area contributed by atoms with Crippen LogP contribution in [0.15, 0.2) is 53.1 Å². The lowest BCUT2D eigenvalue weighted by Crippen LogP contribution is -2.07. The van der Waals surface area contributed by atoms with E-state index >= 15 is 0 Å². The summed E-state index contributed by atoms with van der Waals surface area (Å²) in [5, 5.41) is 0. The minimum absolute atomic E-state index is 0.174. The molecule has 0 spiro atoms. The second kappa shape index (κ2) is 9.29. The summed E-state index contributed by atoms with van der Waals surface area (Å²) in [7, 11) is -0.672. The molecule has 1 unspecified atom stereocenters. The topological polar surface area (TPSA) is 43.4 Å². The monoisotopic (exact) mass is 344 g/mol. The molecule has 0 saturated carbocycles. The van der Waals surface area contributed by atoms with Gasteiger partial charge in [0.25, 0.3) is 0 Å². The molecule has 0 fully saturated rings. The van der Waals surface area contributed by atoms with Gasteiger partial charge in [-0.2, -0.15) is 0 Å². The van der Waals surface area contributed by atoms with Crippen molar-refractivity contribution < 1.29 is 13.2 Å². The molecule has 6 heteroatoms. The summed E-state index contributed by atoms with van der Waals surface area (Å²) < 4.78 is 29.9. The van der Waals surface area contributed by atoms with Crippen LogP contribution in [-0.4, -0.2) is 19.9 Å². The van der Waals surface area contributed by atoms with Crippen LogP contribution in [0.1, 0.15) is 20.3 Å². The number of hydrogen-bond acceptors (Lipinski definition) is 4. The Kier molecular flexibility index (Phi) is 8.09. The Labute approximate surface area is 133 Å². The molecule has 0 bridgehead atoms. The van der Waals surface area contributed by atoms with E-state index in [1.807, 2.05) is 32.1 Å². The molecule has 0 aliphatic heterocycles. The van der Waals surface area contributed by atoms with E-state index in [1.165, 1.54) is 0 Å². The lowest BCUT2D eigenvalue weighted by atomic mass is 10.3. The Morgan fingerprint density at radius 3 is 2.48 bits per heavy atom. The van der Waals surface area contributed by atoms with Crippen molar-refractivity contribution in [3.8, 4) is 5.75 Å². The average Bonchev–Trinajstić information content (AvgIpc) is 2.47. The first kappa shape index (κ1) is 18.3. The van der Waals surface area contributed by atoms with Gasteiger partial charge >= 0.3 is 0 Å². The van der Waals surface area contributed by atoms with E-state index < -0.39 is 9.84 Å². The molecule has 1 aromatic carbocycles. The first-order valence-corrected chi connectivity index (χ1v) is 10.8. The lowest BCUT2D eigenvalue weighted by Gasteiger charge is -2.08. The molecule has 1 rings (SSSR count). The highest BCUT2D eigenvalue weighted by Crippen LogP contribution is 2.20. The molecular formula is C15H21O3PS2. The van der Waals surface area contributed by atoms with Gasteiger partial charge in [-0.25, -0.2) is 8.42 Å². The standard InChI is InChI=1S/C15H21O3PS2/c1-3-6-13(4-2)18-14-7-9-15(10-8-14)21(16,17)12-5-11-20-19/h3-4,6-10H,5,11-12,19H2,1-2H3/b6-3-,13-4+. The van der Waals surface area contributed by atoms with Crippen LogP contribution in [0.3, 0.4) is 0 Å². The highest BCUT2D eigenvalue weighted by molar-refractivity contribution is 8.43. The molecule has 3 nitrogen and oxygen atoms in total. The molecule has 0 aliphatic carbocycles. The predicted molar refractivity (Wildman–Crippen MR) is 94.5 cm³/mol. The van der Waals surface area contributed by atoms with Crippen LogP contribution < -0.4 is 4.74 Å². The zero-order chi connectivity index (χ0) is 15.7. The Bertz CT molecular complexity index is 590. The normalized spacial score (nSPS) is 12.8. The second-order valence-electron chi connectivity index (χ2n) is 4.31. The highest BCUT2D eigenvalue weighted by atomic mass is 32.7. The number of benzene rings is 1. The molecule has 0 N–H and O–H groups in total. The summed E-state index contributed by atoms with van der Waals surface area (Å²) in [6.45, 7) is 3.80. The smallest absolute Gasteiger partial charge is 0.178 e. The van der Waals surface area contributed by atoms with Gasteiger partial charge in [-0.1, -0.05) is 14.5 Å². The molecule has 0 aliphatic rings. The van der Waals surface area contributed by atoms with Crippen LogP contribution in [0.2, 0.25) is 0 Å². The van der Waals surface area contributed by atoms with Crippen molar-refractivity contribution >= 4 is 29.7 Å². The van der Waals surface area contributed by atoms with Gasteiger partial charge in [0.05, 0.1) is 10.6 Å². The first-order valence-electron chi connectivity index (χ1n) is 6.65. The van der Waals surface area contributed by atoms with Gasteiger partial charge in [-0.15, -0.1) is 11.4 Å². The van der Waals surface area contributed by atoms with E-state index in [9.17, 15) is 8.42 Å². The number of hydrogen-bond donors (Lipinski definition) is 0. The van der Waals surface area contributed by atoms with E-state index in [2.05, 4.69) is 8.44 Å². The first-order chi connectivity index (χ1) is 10.0. The molecule has 0 radical (unpaired) electrons. The van der Waals surface area contributed by atoms with Crippen LogP contribution in [-0.2, 0) is 9.84 Å². The van der Waals surface area contributed by atoms with Gasteiger partial charge in [-0.05, 0) is 62.4 Å². The van der Waals surface area contributed by atoms with Crippen LogP contribution in [0.4, 0.5) is 0 Å². The summed E-state index contributed by atoms with van der Waals surface area (Å²) in [6.07, 6.45) is 6.24. The maximum absolute atomic E-state index is 12.1. The number of rotatable bonds is 8. The molecule has 0 aromatic heterocycles. The predicted octanol–water partition coefficient (Wildman–Crippen LogP) is 4.23. The Morgan fingerprint density at radius 2 is 1.95 bits per heavy atom. The average molecular weight is 344 g/mol. The maximum atomic E-state index is 12.1. The molecular weight excluding hydrogens is 323 g/mol. The molecule has 0 amide bonds. The third kappa shape index (κ3) is 6.25. The van der Waals surface area contributed by atoms with E-state index in [4.69, 9.17) is 4.74 Å². The quantitative estimate of drug-likeness (QED) is 0.306. The number of sulfone groups is 1. The Hall–Kier alpha value is -0.770. The van der Waals surface area contributed by atoms with Crippen molar-refractivity contribution in [1.29, 1.82) is 0 Å². The van der Waals surface area contributed by atoms with Gasteiger partial charge in [-0.3, -0.25) is 0 Å². The third-order valence-corrected chi connectivity index (χ3v) is 5.76. The van der Waals surface area contributed by atoms with E-state index in [1.54, 1.807) is 35.6 Å². The summed E-state index contributed by atoms with van der Waals surface area (Å²) in [6, 6.07) is 6.57. The summed E-state index contributed by atoms with van der Waals surface area (Å²) in [4.78, 5) is 0.344. The SMILES string of the molecule is C/C=C\C(=C/C)Oc1ccc(S(=O)(=O)CCCSP)cc1. The molecule has 116 valence electrons. The van der Waals surface area contributed by atoms with E-state index in [-0.39, 0.29) is 5.75 Å². The van der Waals surface area contributed by atoms with Gasteiger partial charge in [0.1, 0.15) is 11.5 Å². The van der Waals surface area contributed by atoms with Crippen molar-refractivity contribution in [2.75, 3.05) is 11.5 Å². The van der Waals surface area contributed by atoms with Gasteiger partial charge in [0.2, 0.25) is 0 Å². The fourth-order valence-electron chi connectivity index (χ4n) is 1.65. The van der Waals surface area contributed by atoms with Crippen molar-refractivity contribution in [3.05, 3.63) is 48.3 Å². The van der Waals surface area contributed by atoms with E-state index in [0.717, 1.165) is 11.5 Å². The minimum atomic E-state index is -3.20. The third-order valence-electron chi connectivity index (χ3n) is 2.71. The molecule has 21 heavy (non-hydrogen) atoms. The minimum Gasteiger partial charge on any atom is -0.458 e. The molecule has 1 aromatic rings. The fraction of sp³-hybridized carbons (Fsp3) is 0.333. The van der Waals surface area contributed by atoms with Crippen LogP contribution in [0.25, 0.3) is 0 Å². The van der Waals surface area contributed by atoms with E-state index in [0.29, 0.717) is 17.1 Å². The zero-order valence-electron chi connectivity index (χ0n) is 12.3. The highest BCUT2D eigenvalue weighted by Gasteiger charge is 2.13. The fourth-order valence-corrected chi connectivity index (χ4v) is 3.96. The molecule has 0 heterocycles. The molecule has 0 saturated heterocycles. The van der Waals surface area contributed by atoms with Crippen molar-refractivity contribution in [2.24, 2.45) is 0 Å². The van der Waals surface area contributed by atoms with Gasteiger partial charge in [0, 0.05) is 0 Å². The number of allylic oxidation sites excluding steroid dienone is 3. The van der Waals surface area contributed by atoms with Crippen molar-refractivity contribution in [3.63, 3.8) is 0 Å². The van der Waals surface area contributed by atoms with Crippen LogP contribution in [0, 0.1) is 0 Å². The summed E-state index contributed by atoms with van der Waals surface area (Å²) >= 11 is 1.57. The second-order valence-corrected chi connectivity index (χ2v) is 8.16. The van der Waals surface area contributed by atoms with Gasteiger partial charge < -0.3 is 4.74 Å². The lowest BCUT2D eigenvalue weighted by molar-refractivity contribution is 0.443. The van der Waals surface area contributed by atoms with Gasteiger partial charge in [0.15, 0.2) is 9.84 Å². The Balaban J connectivity index is 2.78. The zero-order valence-corrected chi connectivity index (χ0v) is 15.1. The summed E-state index contributed by atoms with van der Waals surface area (Å²) in [5.74, 6) is 2.35. The van der Waals surface area contributed by atoms with Crippen LogP contribution in [0.5, 0.6) is 5.75 Å². The number of ether oxygens (including phenoxy) is 1. The summed E-state index contributed by atoms with van der Waals surface area (Å²) in [5.41, 5.74) is 0. The Morgan fingerprint density at radius 1 is 1.29 bits per heavy atom.